The van der Waals surface area contributed by atoms with E-state index in [2.05, 4.69) is 37.0 Å². The number of hydrogen-bond donors (Lipinski definition) is 3. The Morgan fingerprint density at radius 2 is 1.89 bits per heavy atom. The molecule has 5 aliphatic rings. The number of carbonyl (C=O) groups is 1. The number of aromatic amines is 1. The molecule has 2 saturated carbocycles. The first-order valence-corrected chi connectivity index (χ1v) is 14.1. The lowest BCUT2D eigenvalue weighted by atomic mass is 9.42. The zero-order chi connectivity index (χ0) is 27.1. The van der Waals surface area contributed by atoms with Crippen molar-refractivity contribution < 1.29 is 24.5 Å². The second kappa shape index (κ2) is 7.08. The maximum absolute atomic E-state index is 13.2. The monoisotopic (exact) mass is 517 g/mol. The summed E-state index contributed by atoms with van der Waals surface area (Å²) in [5.41, 5.74) is 1.71. The minimum absolute atomic E-state index is 0.104. The van der Waals surface area contributed by atoms with Gasteiger partial charge in [0.05, 0.1) is 11.2 Å². The van der Waals surface area contributed by atoms with Crippen molar-refractivity contribution in [1.82, 2.24) is 4.98 Å². The smallest absolute Gasteiger partial charge is 0.195 e. The number of fused-ring (bicyclic) bond motifs is 9. The molecule has 6 nitrogen and oxygen atoms in total. The first kappa shape index (κ1) is 24.8. The standard InChI is InChI=1S/C32H39NO5/c1-27(2,35)11-9-18-7-8-22-20(15-18)21-16-19-10-12-31(36)24-17-23(34)26-28(3,4)38-32(24,37-26)14-13-29(31,5)30(19,6)25(21)33-22/h7-9,11,15,17,19,26,33,35-36H,10,12-14,16H2,1-6H3/t19-,26-,29+,30+,31+,32-/m0/s1. The van der Waals surface area contributed by atoms with Crippen molar-refractivity contribution in [2.24, 2.45) is 11.3 Å². The van der Waals surface area contributed by atoms with Crippen LogP contribution in [0.4, 0.5) is 0 Å². The number of H-pyrrole nitrogens is 1. The molecule has 3 fully saturated rings. The van der Waals surface area contributed by atoms with E-state index in [0.29, 0.717) is 24.3 Å². The average Bonchev–Trinajstić information content (AvgIpc) is 3.41. The summed E-state index contributed by atoms with van der Waals surface area (Å²) in [6, 6.07) is 6.40. The number of carbonyl (C=O) groups excluding carboxylic acids is 1. The SMILES string of the molecule is CC(C)(O)C=Cc1ccc2[nH]c3c(c2c1)C[C@@H]1CC[C@@]2(O)C4=CC(=O)[C@@H]5O[C@@]4(CC[C@]2(C)[C@@]31C)OC5(C)C. The minimum atomic E-state index is -1.21. The highest BCUT2D eigenvalue weighted by atomic mass is 16.8. The first-order valence-electron chi connectivity index (χ1n) is 14.1. The first-order chi connectivity index (χ1) is 17.6. The fourth-order valence-corrected chi connectivity index (χ4v) is 8.86. The Balaban J connectivity index is 1.35. The molecule has 1 saturated heterocycles. The van der Waals surface area contributed by atoms with Crippen molar-refractivity contribution in [1.29, 1.82) is 0 Å². The van der Waals surface area contributed by atoms with Gasteiger partial charge in [0.1, 0.15) is 5.60 Å². The van der Waals surface area contributed by atoms with Gasteiger partial charge in [0.15, 0.2) is 17.7 Å². The molecule has 6 atom stereocenters. The Labute approximate surface area is 224 Å². The lowest BCUT2D eigenvalue weighted by molar-refractivity contribution is -0.247. The highest BCUT2D eigenvalue weighted by Gasteiger charge is 2.75. The van der Waals surface area contributed by atoms with Crippen LogP contribution in [0.1, 0.15) is 84.0 Å². The number of benzene rings is 1. The highest BCUT2D eigenvalue weighted by molar-refractivity contribution is 5.97. The van der Waals surface area contributed by atoms with Crippen molar-refractivity contribution >= 4 is 22.8 Å². The van der Waals surface area contributed by atoms with Crippen LogP contribution >= 0.6 is 0 Å². The molecule has 7 rings (SSSR count). The third-order valence-electron chi connectivity index (χ3n) is 11.0. The van der Waals surface area contributed by atoms with Gasteiger partial charge in [-0.05, 0) is 88.6 Å². The van der Waals surface area contributed by atoms with E-state index in [1.165, 1.54) is 16.6 Å². The molecular weight excluding hydrogens is 478 g/mol. The van der Waals surface area contributed by atoms with Crippen LogP contribution in [-0.4, -0.2) is 49.7 Å². The van der Waals surface area contributed by atoms with Gasteiger partial charge in [0.2, 0.25) is 0 Å². The fraction of sp³-hybridized carbons (Fsp3) is 0.594. The lowest BCUT2D eigenvalue weighted by Gasteiger charge is -2.65. The highest BCUT2D eigenvalue weighted by Crippen LogP contribution is 2.71. The van der Waals surface area contributed by atoms with Crippen LogP contribution in [-0.2, 0) is 26.1 Å². The van der Waals surface area contributed by atoms with E-state index in [0.717, 1.165) is 30.3 Å². The van der Waals surface area contributed by atoms with E-state index in [1.807, 2.05) is 26.0 Å². The molecule has 6 heteroatoms. The van der Waals surface area contributed by atoms with E-state index < -0.39 is 34.1 Å². The Kier molecular flexibility index (Phi) is 4.62. The molecule has 38 heavy (non-hydrogen) atoms. The summed E-state index contributed by atoms with van der Waals surface area (Å²) in [6.07, 6.45) is 8.61. The van der Waals surface area contributed by atoms with Crippen molar-refractivity contribution in [2.45, 2.75) is 108 Å². The summed E-state index contributed by atoms with van der Waals surface area (Å²) < 4.78 is 12.9. The number of hydrogen-bond acceptors (Lipinski definition) is 5. The maximum Gasteiger partial charge on any atom is 0.195 e. The van der Waals surface area contributed by atoms with Crippen LogP contribution < -0.4 is 0 Å². The topological polar surface area (TPSA) is 91.8 Å². The van der Waals surface area contributed by atoms with E-state index in [1.54, 1.807) is 19.9 Å². The van der Waals surface area contributed by atoms with Gasteiger partial charge in [-0.2, -0.15) is 0 Å². The summed E-state index contributed by atoms with van der Waals surface area (Å²) in [6.45, 7) is 11.9. The van der Waals surface area contributed by atoms with Gasteiger partial charge < -0.3 is 24.7 Å². The van der Waals surface area contributed by atoms with E-state index in [4.69, 9.17) is 9.47 Å². The molecule has 2 aromatic rings. The number of ketones is 1. The second-order valence-electron chi connectivity index (χ2n) is 14.0. The Bertz CT molecular complexity index is 1460. The maximum atomic E-state index is 13.2. The predicted octanol–water partition coefficient (Wildman–Crippen LogP) is 5.11. The normalized spacial score (nSPS) is 41.2. The van der Waals surface area contributed by atoms with Crippen LogP contribution in [0.15, 0.2) is 35.9 Å². The van der Waals surface area contributed by atoms with Crippen LogP contribution in [0.3, 0.4) is 0 Å². The van der Waals surface area contributed by atoms with Gasteiger partial charge in [-0.15, -0.1) is 0 Å². The average molecular weight is 518 g/mol. The zero-order valence-electron chi connectivity index (χ0n) is 23.3. The number of ether oxygens (including phenoxy) is 2. The van der Waals surface area contributed by atoms with Crippen LogP contribution in [0, 0.1) is 11.3 Å². The Hall–Kier alpha value is -2.25. The molecule has 0 unspecified atom stereocenters. The molecule has 0 radical (unpaired) electrons. The molecule has 202 valence electrons. The van der Waals surface area contributed by atoms with E-state index in [9.17, 15) is 15.0 Å². The molecule has 0 amide bonds. The summed E-state index contributed by atoms with van der Waals surface area (Å²) in [4.78, 5) is 17.0. The minimum Gasteiger partial charge on any atom is -0.386 e. The molecule has 3 heterocycles. The van der Waals surface area contributed by atoms with Crippen molar-refractivity contribution in [3.63, 3.8) is 0 Å². The Morgan fingerprint density at radius 3 is 2.63 bits per heavy atom. The molecule has 2 bridgehead atoms. The predicted molar refractivity (Wildman–Crippen MR) is 146 cm³/mol. The summed E-state index contributed by atoms with van der Waals surface area (Å²) >= 11 is 0. The van der Waals surface area contributed by atoms with Crippen molar-refractivity contribution in [3.05, 3.63) is 52.7 Å². The molecule has 1 aromatic heterocycles. The number of nitrogens with one attached hydrogen (secondary N) is 1. The van der Waals surface area contributed by atoms with Crippen LogP contribution in [0.5, 0.6) is 0 Å². The van der Waals surface area contributed by atoms with Gasteiger partial charge >= 0.3 is 0 Å². The molecule has 2 aliphatic heterocycles. The fourth-order valence-electron chi connectivity index (χ4n) is 8.86. The molecule has 1 aromatic carbocycles. The van der Waals surface area contributed by atoms with Gasteiger partial charge in [0.25, 0.3) is 0 Å². The molecule has 3 aliphatic carbocycles. The summed E-state index contributed by atoms with van der Waals surface area (Å²) in [5, 5.41) is 24.1. The quantitative estimate of drug-likeness (QED) is 0.515. The third-order valence-corrected chi connectivity index (χ3v) is 11.0. The van der Waals surface area contributed by atoms with E-state index >= 15 is 0 Å². The van der Waals surface area contributed by atoms with Crippen LogP contribution in [0.25, 0.3) is 17.0 Å². The van der Waals surface area contributed by atoms with Crippen LogP contribution in [0.2, 0.25) is 0 Å². The third kappa shape index (κ3) is 2.85. The number of aliphatic hydroxyl groups is 2. The summed E-state index contributed by atoms with van der Waals surface area (Å²) in [7, 11) is 0. The van der Waals surface area contributed by atoms with Crippen molar-refractivity contribution in [3.8, 4) is 0 Å². The van der Waals surface area contributed by atoms with Gasteiger partial charge in [-0.1, -0.05) is 32.1 Å². The number of aromatic nitrogens is 1. The second-order valence-corrected chi connectivity index (χ2v) is 14.0. The molecule has 1 spiro atoms. The lowest BCUT2D eigenvalue weighted by Crippen LogP contribution is -2.69. The molecule has 3 N–H and O–H groups in total. The van der Waals surface area contributed by atoms with Crippen molar-refractivity contribution in [2.75, 3.05) is 0 Å². The Morgan fingerprint density at radius 1 is 1.13 bits per heavy atom. The van der Waals surface area contributed by atoms with Gasteiger partial charge in [-0.25, -0.2) is 0 Å². The van der Waals surface area contributed by atoms with Gasteiger partial charge in [0, 0.05) is 39.4 Å². The van der Waals surface area contributed by atoms with E-state index in [-0.39, 0.29) is 11.2 Å². The largest absolute Gasteiger partial charge is 0.386 e. The summed E-state index contributed by atoms with van der Waals surface area (Å²) in [5.74, 6) is -0.742. The zero-order valence-corrected chi connectivity index (χ0v) is 23.3. The van der Waals surface area contributed by atoms with Gasteiger partial charge in [-0.3, -0.25) is 4.79 Å². The number of rotatable bonds is 2. The molecular formula is C32H39NO5.